The summed E-state index contributed by atoms with van der Waals surface area (Å²) in [5, 5.41) is 0. The third-order valence-electron chi connectivity index (χ3n) is 4.06. The summed E-state index contributed by atoms with van der Waals surface area (Å²) in [4.78, 5) is 0.300. The van der Waals surface area contributed by atoms with E-state index >= 15 is 0 Å². The summed E-state index contributed by atoms with van der Waals surface area (Å²) in [5.74, 6) is 0.965. The summed E-state index contributed by atoms with van der Waals surface area (Å²) in [6.07, 6.45) is 0.632. The van der Waals surface area contributed by atoms with E-state index in [1.54, 1.807) is 19.2 Å². The molecule has 1 N–H and O–H groups in total. The Morgan fingerprint density at radius 3 is 2.08 bits per heavy atom. The van der Waals surface area contributed by atoms with Gasteiger partial charge < -0.3 is 4.74 Å². The fourth-order valence-electron chi connectivity index (χ4n) is 2.41. The minimum Gasteiger partial charge on any atom is -0.497 e. The van der Waals surface area contributed by atoms with Crippen LogP contribution in [-0.4, -0.2) is 21.6 Å². The van der Waals surface area contributed by atoms with Gasteiger partial charge in [0.2, 0.25) is 10.0 Å². The monoisotopic (exact) mass is 347 g/mol. The SMILES string of the molecule is COc1ccc(C[C@@H](NS(=O)(=O)c2ccc(C)cc2)C(C)C)cc1. The topological polar surface area (TPSA) is 55.4 Å². The molecule has 0 saturated carbocycles. The van der Waals surface area contributed by atoms with Crippen LogP contribution in [0.1, 0.15) is 25.0 Å². The van der Waals surface area contributed by atoms with Crippen molar-refractivity contribution in [3.8, 4) is 5.75 Å². The van der Waals surface area contributed by atoms with Gasteiger partial charge in [0.1, 0.15) is 5.75 Å². The molecule has 0 aromatic heterocycles. The van der Waals surface area contributed by atoms with Crippen molar-refractivity contribution in [2.75, 3.05) is 7.11 Å². The maximum atomic E-state index is 12.6. The lowest BCUT2D eigenvalue weighted by Crippen LogP contribution is -2.40. The lowest BCUT2D eigenvalue weighted by atomic mass is 9.97. The molecule has 24 heavy (non-hydrogen) atoms. The molecule has 0 aliphatic carbocycles. The van der Waals surface area contributed by atoms with Crippen LogP contribution in [0, 0.1) is 12.8 Å². The molecule has 2 rings (SSSR count). The first kappa shape index (κ1) is 18.5. The van der Waals surface area contributed by atoms with E-state index < -0.39 is 10.0 Å². The molecular weight excluding hydrogens is 322 g/mol. The average Bonchev–Trinajstić information content (AvgIpc) is 2.55. The molecule has 0 fully saturated rings. The molecule has 5 heteroatoms. The molecule has 0 radical (unpaired) electrons. The van der Waals surface area contributed by atoms with Gasteiger partial charge >= 0.3 is 0 Å². The quantitative estimate of drug-likeness (QED) is 0.833. The number of hydrogen-bond acceptors (Lipinski definition) is 3. The van der Waals surface area contributed by atoms with Crippen LogP contribution >= 0.6 is 0 Å². The lowest BCUT2D eigenvalue weighted by Gasteiger charge is -2.22. The Labute approximate surface area is 144 Å². The minimum absolute atomic E-state index is 0.173. The molecule has 2 aromatic rings. The van der Waals surface area contributed by atoms with Crippen molar-refractivity contribution < 1.29 is 13.2 Å². The van der Waals surface area contributed by atoms with Gasteiger partial charge in [-0.3, -0.25) is 0 Å². The van der Waals surface area contributed by atoms with Crippen molar-refractivity contribution in [3.63, 3.8) is 0 Å². The molecule has 0 spiro atoms. The number of rotatable bonds is 7. The number of hydrogen-bond donors (Lipinski definition) is 1. The van der Waals surface area contributed by atoms with Crippen molar-refractivity contribution in [2.45, 2.75) is 38.1 Å². The van der Waals surface area contributed by atoms with Crippen LogP contribution in [-0.2, 0) is 16.4 Å². The molecule has 0 aliphatic heterocycles. The van der Waals surface area contributed by atoms with Gasteiger partial charge in [0.15, 0.2) is 0 Å². The first-order valence-electron chi connectivity index (χ1n) is 8.04. The largest absolute Gasteiger partial charge is 0.497 e. The van der Waals surface area contributed by atoms with Gasteiger partial charge in [-0.25, -0.2) is 13.1 Å². The fourth-order valence-corrected chi connectivity index (χ4v) is 3.80. The van der Waals surface area contributed by atoms with E-state index in [0.717, 1.165) is 16.9 Å². The summed E-state index contributed by atoms with van der Waals surface area (Å²) in [5.41, 5.74) is 2.11. The average molecular weight is 347 g/mol. The standard InChI is InChI=1S/C19H25NO3S/c1-14(2)19(13-16-7-9-17(23-4)10-8-16)20-24(21,22)18-11-5-15(3)6-12-18/h5-12,14,19-20H,13H2,1-4H3/t19-/m1/s1. The van der Waals surface area contributed by atoms with Crippen molar-refractivity contribution >= 4 is 10.0 Å². The molecule has 0 amide bonds. The Kier molecular flexibility index (Phi) is 6.02. The van der Waals surface area contributed by atoms with E-state index in [2.05, 4.69) is 4.72 Å². The summed E-state index contributed by atoms with van der Waals surface area (Å²) < 4.78 is 33.2. The maximum absolute atomic E-state index is 12.6. The molecule has 130 valence electrons. The summed E-state index contributed by atoms with van der Waals surface area (Å²) in [6.45, 7) is 5.97. The van der Waals surface area contributed by atoms with E-state index in [0.29, 0.717) is 11.3 Å². The Balaban J connectivity index is 2.16. The molecule has 4 nitrogen and oxygen atoms in total. The molecule has 0 saturated heterocycles. The van der Waals surface area contributed by atoms with Gasteiger partial charge in [-0.1, -0.05) is 43.7 Å². The highest BCUT2D eigenvalue weighted by Gasteiger charge is 2.22. The number of nitrogens with one attached hydrogen (secondary N) is 1. The number of methoxy groups -OCH3 is 1. The van der Waals surface area contributed by atoms with Crippen molar-refractivity contribution in [2.24, 2.45) is 5.92 Å². The van der Waals surface area contributed by atoms with Crippen molar-refractivity contribution in [1.82, 2.24) is 4.72 Å². The van der Waals surface area contributed by atoms with E-state index in [-0.39, 0.29) is 12.0 Å². The third kappa shape index (κ3) is 4.82. The van der Waals surface area contributed by atoms with Crippen LogP contribution in [0.4, 0.5) is 0 Å². The highest BCUT2D eigenvalue weighted by Crippen LogP contribution is 2.18. The zero-order valence-electron chi connectivity index (χ0n) is 14.6. The first-order chi connectivity index (χ1) is 11.3. The number of sulfonamides is 1. The second kappa shape index (κ2) is 7.81. The summed E-state index contributed by atoms with van der Waals surface area (Å²) in [6, 6.07) is 14.4. The van der Waals surface area contributed by atoms with Gasteiger partial charge in [0.05, 0.1) is 12.0 Å². The highest BCUT2D eigenvalue weighted by molar-refractivity contribution is 7.89. The Hall–Kier alpha value is -1.85. The predicted molar refractivity (Wildman–Crippen MR) is 96.8 cm³/mol. The van der Waals surface area contributed by atoms with E-state index in [9.17, 15) is 8.42 Å². The van der Waals surface area contributed by atoms with Crippen molar-refractivity contribution in [1.29, 1.82) is 0 Å². The number of benzene rings is 2. The zero-order valence-corrected chi connectivity index (χ0v) is 15.4. The molecule has 0 bridgehead atoms. The predicted octanol–water partition coefficient (Wildman–Crippen LogP) is 3.55. The second-order valence-corrected chi connectivity index (χ2v) is 8.05. The smallest absolute Gasteiger partial charge is 0.240 e. The number of ether oxygens (including phenoxy) is 1. The van der Waals surface area contributed by atoms with Gasteiger partial charge in [-0.15, -0.1) is 0 Å². The summed E-state index contributed by atoms with van der Waals surface area (Å²) in [7, 11) is -1.90. The summed E-state index contributed by atoms with van der Waals surface area (Å²) >= 11 is 0. The fraction of sp³-hybridized carbons (Fsp3) is 0.368. The zero-order chi connectivity index (χ0) is 17.7. The van der Waals surface area contributed by atoms with Crippen LogP contribution in [0.2, 0.25) is 0 Å². The van der Waals surface area contributed by atoms with E-state index in [4.69, 9.17) is 4.74 Å². The molecule has 0 heterocycles. The van der Waals surface area contributed by atoms with Gasteiger partial charge in [-0.2, -0.15) is 0 Å². The van der Waals surface area contributed by atoms with Crippen LogP contribution in [0.25, 0.3) is 0 Å². The van der Waals surface area contributed by atoms with Crippen molar-refractivity contribution in [3.05, 3.63) is 59.7 Å². The molecule has 1 atom stereocenters. The molecule has 0 aliphatic rings. The van der Waals surface area contributed by atoms with Crippen LogP contribution < -0.4 is 9.46 Å². The van der Waals surface area contributed by atoms with Gasteiger partial charge in [-0.05, 0) is 49.1 Å². The number of aryl methyl sites for hydroxylation is 1. The van der Waals surface area contributed by atoms with Crippen LogP contribution in [0.15, 0.2) is 53.4 Å². The Morgan fingerprint density at radius 2 is 1.58 bits per heavy atom. The molecular formula is C19H25NO3S. The van der Waals surface area contributed by atoms with E-state index in [1.165, 1.54) is 0 Å². The first-order valence-corrected chi connectivity index (χ1v) is 9.52. The van der Waals surface area contributed by atoms with Crippen LogP contribution in [0.5, 0.6) is 5.75 Å². The Morgan fingerprint density at radius 1 is 1.00 bits per heavy atom. The second-order valence-electron chi connectivity index (χ2n) is 6.34. The third-order valence-corrected chi connectivity index (χ3v) is 5.56. The maximum Gasteiger partial charge on any atom is 0.240 e. The Bertz CT molecular complexity index is 750. The highest BCUT2D eigenvalue weighted by atomic mass is 32.2. The van der Waals surface area contributed by atoms with E-state index in [1.807, 2.05) is 57.2 Å². The normalized spacial score (nSPS) is 13.0. The lowest BCUT2D eigenvalue weighted by molar-refractivity contribution is 0.414. The van der Waals surface area contributed by atoms with Gasteiger partial charge in [0.25, 0.3) is 0 Å². The molecule has 2 aromatic carbocycles. The minimum atomic E-state index is -3.53. The molecule has 0 unspecified atom stereocenters. The van der Waals surface area contributed by atoms with Gasteiger partial charge in [0, 0.05) is 6.04 Å². The van der Waals surface area contributed by atoms with Crippen LogP contribution in [0.3, 0.4) is 0 Å².